The van der Waals surface area contributed by atoms with Gasteiger partial charge in [-0.1, -0.05) is 48.5 Å². The summed E-state index contributed by atoms with van der Waals surface area (Å²) in [5.74, 6) is 0.316. The fourth-order valence-corrected chi connectivity index (χ4v) is 4.17. The summed E-state index contributed by atoms with van der Waals surface area (Å²) in [6.45, 7) is 0.332. The molecule has 0 spiro atoms. The van der Waals surface area contributed by atoms with Gasteiger partial charge in [-0.05, 0) is 48.7 Å². The molecule has 2 N–H and O–H groups in total. The zero-order valence-corrected chi connectivity index (χ0v) is 20.1. The maximum absolute atomic E-state index is 13.4. The molecule has 0 aliphatic carbocycles. The number of hydrogen-bond donors (Lipinski definition) is 2. The normalized spacial score (nSPS) is 14.0. The van der Waals surface area contributed by atoms with E-state index in [-0.39, 0.29) is 24.3 Å². The molecule has 0 aromatic heterocycles. The van der Waals surface area contributed by atoms with Gasteiger partial charge in [0.05, 0.1) is 7.11 Å². The molecule has 3 amide bonds. The van der Waals surface area contributed by atoms with Crippen LogP contribution in [-0.4, -0.2) is 42.9 Å². The molecule has 186 valence electrons. The van der Waals surface area contributed by atoms with Crippen molar-refractivity contribution >= 4 is 29.1 Å². The fourth-order valence-electron chi connectivity index (χ4n) is 4.17. The summed E-state index contributed by atoms with van der Waals surface area (Å²) in [4.78, 5) is 40.1. The topological polar surface area (TPSA) is 97.0 Å². The number of para-hydroxylation sites is 2. The first-order valence-corrected chi connectivity index (χ1v) is 11.9. The number of nitrogens with zero attached hydrogens (tertiary/aromatic N) is 1. The van der Waals surface area contributed by atoms with Gasteiger partial charge in [0.1, 0.15) is 6.04 Å². The van der Waals surface area contributed by atoms with Gasteiger partial charge in [0.15, 0.2) is 18.1 Å². The molecule has 1 heterocycles. The second-order valence-electron chi connectivity index (χ2n) is 8.42. The lowest BCUT2D eigenvalue weighted by Crippen LogP contribution is -2.43. The van der Waals surface area contributed by atoms with Gasteiger partial charge in [-0.3, -0.25) is 14.4 Å². The molecule has 1 aliphatic heterocycles. The van der Waals surface area contributed by atoms with E-state index in [1.165, 1.54) is 7.11 Å². The molecule has 1 saturated heterocycles. The predicted molar refractivity (Wildman–Crippen MR) is 137 cm³/mol. The number of methoxy groups -OCH3 is 1. The van der Waals surface area contributed by atoms with Crippen molar-refractivity contribution in [3.63, 3.8) is 0 Å². The third-order valence-electron chi connectivity index (χ3n) is 5.88. The standard InChI is InChI=1S/C28H29N3O5/c1-35-23-14-5-6-15-24(23)36-19-25(32)29-21-12-9-13-22(18-21)30-28(34)27(20-10-3-2-4-11-20)31-17-8-7-16-26(31)33/h2-6,9-15,18,27H,7-8,16-17,19H2,1H3,(H,29,32)(H,30,34). The Morgan fingerprint density at radius 3 is 2.31 bits per heavy atom. The first kappa shape index (κ1) is 24.8. The molecule has 0 bridgehead atoms. The number of nitrogens with one attached hydrogen (secondary N) is 2. The van der Waals surface area contributed by atoms with Crippen LogP contribution >= 0.6 is 0 Å². The Bertz CT molecular complexity index is 1210. The number of ether oxygens (including phenoxy) is 2. The van der Waals surface area contributed by atoms with E-state index in [0.717, 1.165) is 18.4 Å². The molecule has 1 unspecified atom stereocenters. The highest BCUT2D eigenvalue weighted by Crippen LogP contribution is 2.28. The zero-order valence-electron chi connectivity index (χ0n) is 20.1. The van der Waals surface area contributed by atoms with Crippen molar-refractivity contribution in [3.05, 3.63) is 84.4 Å². The van der Waals surface area contributed by atoms with Gasteiger partial charge >= 0.3 is 0 Å². The van der Waals surface area contributed by atoms with Crippen LogP contribution in [0.5, 0.6) is 11.5 Å². The summed E-state index contributed by atoms with van der Waals surface area (Å²) in [6, 6.07) is 22.5. The van der Waals surface area contributed by atoms with E-state index in [4.69, 9.17) is 9.47 Å². The third kappa shape index (κ3) is 6.21. The Kier molecular flexibility index (Phi) is 8.18. The quantitative estimate of drug-likeness (QED) is 0.466. The van der Waals surface area contributed by atoms with E-state index in [1.807, 2.05) is 36.4 Å². The molecule has 0 saturated carbocycles. The third-order valence-corrected chi connectivity index (χ3v) is 5.88. The molecule has 8 nitrogen and oxygen atoms in total. The van der Waals surface area contributed by atoms with Gasteiger partial charge in [-0.25, -0.2) is 0 Å². The maximum Gasteiger partial charge on any atom is 0.262 e. The summed E-state index contributed by atoms with van der Waals surface area (Å²) in [5, 5.41) is 5.69. The number of rotatable bonds is 9. The summed E-state index contributed by atoms with van der Waals surface area (Å²) >= 11 is 0. The van der Waals surface area contributed by atoms with Crippen molar-refractivity contribution < 1.29 is 23.9 Å². The number of carbonyl (C=O) groups excluding carboxylic acids is 3. The van der Waals surface area contributed by atoms with Crippen molar-refractivity contribution in [1.82, 2.24) is 4.90 Å². The number of amides is 3. The molecule has 0 radical (unpaired) electrons. The van der Waals surface area contributed by atoms with Crippen LogP contribution in [-0.2, 0) is 14.4 Å². The molecule has 3 aromatic carbocycles. The molecular formula is C28H29N3O5. The molecule has 36 heavy (non-hydrogen) atoms. The van der Waals surface area contributed by atoms with Crippen molar-refractivity contribution in [2.24, 2.45) is 0 Å². The molecule has 1 atom stereocenters. The Balaban J connectivity index is 1.43. The van der Waals surface area contributed by atoms with Crippen LogP contribution in [0, 0.1) is 0 Å². The van der Waals surface area contributed by atoms with Gasteiger partial charge in [0.2, 0.25) is 5.91 Å². The van der Waals surface area contributed by atoms with Crippen LogP contribution in [0.1, 0.15) is 30.9 Å². The summed E-state index contributed by atoms with van der Waals surface area (Å²) in [7, 11) is 1.53. The number of likely N-dealkylation sites (tertiary alicyclic amines) is 1. The highest BCUT2D eigenvalue weighted by Gasteiger charge is 2.32. The van der Waals surface area contributed by atoms with Crippen LogP contribution in [0.15, 0.2) is 78.9 Å². The number of hydrogen-bond acceptors (Lipinski definition) is 5. The molecule has 3 aromatic rings. The van der Waals surface area contributed by atoms with Crippen molar-refractivity contribution in [2.45, 2.75) is 25.3 Å². The lowest BCUT2D eigenvalue weighted by Gasteiger charge is -2.34. The lowest BCUT2D eigenvalue weighted by atomic mass is 10.0. The van der Waals surface area contributed by atoms with E-state index >= 15 is 0 Å². The van der Waals surface area contributed by atoms with Gasteiger partial charge in [0.25, 0.3) is 11.8 Å². The van der Waals surface area contributed by atoms with Crippen LogP contribution in [0.2, 0.25) is 0 Å². The SMILES string of the molecule is COc1ccccc1OCC(=O)Nc1cccc(NC(=O)C(c2ccccc2)N2CCCCC2=O)c1. The second-order valence-corrected chi connectivity index (χ2v) is 8.42. The van der Waals surface area contributed by atoms with Crippen LogP contribution in [0.3, 0.4) is 0 Å². The number of piperidine rings is 1. The Hall–Kier alpha value is -4.33. The average Bonchev–Trinajstić information content (AvgIpc) is 2.90. The number of benzene rings is 3. The summed E-state index contributed by atoms with van der Waals surface area (Å²) in [6.07, 6.45) is 2.14. The average molecular weight is 488 g/mol. The minimum Gasteiger partial charge on any atom is -0.493 e. The second kappa shape index (κ2) is 11.9. The van der Waals surface area contributed by atoms with E-state index in [0.29, 0.717) is 35.8 Å². The van der Waals surface area contributed by atoms with Gasteiger partial charge in [-0.15, -0.1) is 0 Å². The van der Waals surface area contributed by atoms with Crippen molar-refractivity contribution in [1.29, 1.82) is 0 Å². The molecule has 4 rings (SSSR count). The largest absolute Gasteiger partial charge is 0.493 e. The van der Waals surface area contributed by atoms with Crippen LogP contribution in [0.4, 0.5) is 11.4 Å². The van der Waals surface area contributed by atoms with Gasteiger partial charge in [-0.2, -0.15) is 0 Å². The van der Waals surface area contributed by atoms with E-state index in [2.05, 4.69) is 10.6 Å². The first-order chi connectivity index (χ1) is 17.5. The highest BCUT2D eigenvalue weighted by molar-refractivity contribution is 5.99. The van der Waals surface area contributed by atoms with Gasteiger partial charge in [0, 0.05) is 24.3 Å². The smallest absolute Gasteiger partial charge is 0.262 e. The Labute approximate surface area is 210 Å². The molecule has 1 aliphatic rings. The predicted octanol–water partition coefficient (Wildman–Crippen LogP) is 4.41. The number of anilines is 2. The first-order valence-electron chi connectivity index (χ1n) is 11.9. The minimum atomic E-state index is -0.730. The van der Waals surface area contributed by atoms with E-state index in [9.17, 15) is 14.4 Å². The van der Waals surface area contributed by atoms with Gasteiger partial charge < -0.3 is 25.0 Å². The van der Waals surface area contributed by atoms with E-state index in [1.54, 1.807) is 47.4 Å². The maximum atomic E-state index is 13.4. The molecular weight excluding hydrogens is 458 g/mol. The Morgan fingerprint density at radius 1 is 0.889 bits per heavy atom. The van der Waals surface area contributed by atoms with E-state index < -0.39 is 6.04 Å². The fraction of sp³-hybridized carbons (Fsp3) is 0.250. The Morgan fingerprint density at radius 2 is 1.58 bits per heavy atom. The van der Waals surface area contributed by atoms with Crippen LogP contribution < -0.4 is 20.1 Å². The van der Waals surface area contributed by atoms with Crippen LogP contribution in [0.25, 0.3) is 0 Å². The lowest BCUT2D eigenvalue weighted by molar-refractivity contribution is -0.141. The minimum absolute atomic E-state index is 0.0266. The monoisotopic (exact) mass is 487 g/mol. The number of carbonyl (C=O) groups is 3. The molecule has 8 heteroatoms. The molecule has 1 fully saturated rings. The highest BCUT2D eigenvalue weighted by atomic mass is 16.5. The van der Waals surface area contributed by atoms with Crippen molar-refractivity contribution in [2.75, 3.05) is 30.9 Å². The van der Waals surface area contributed by atoms with Crippen molar-refractivity contribution in [3.8, 4) is 11.5 Å². The summed E-state index contributed by atoms with van der Waals surface area (Å²) in [5.41, 5.74) is 1.77. The summed E-state index contributed by atoms with van der Waals surface area (Å²) < 4.78 is 10.8. The zero-order chi connectivity index (χ0) is 25.3.